The summed E-state index contributed by atoms with van der Waals surface area (Å²) in [7, 11) is -3.32. The summed E-state index contributed by atoms with van der Waals surface area (Å²) in [5, 5.41) is 0.973. The number of benzene rings is 2. The minimum atomic E-state index is -3.32. The van der Waals surface area contributed by atoms with Crippen LogP contribution in [0.5, 0.6) is 0 Å². The number of hydrogen-bond acceptors (Lipinski definition) is 3. The highest BCUT2D eigenvalue weighted by Crippen LogP contribution is 2.29. The van der Waals surface area contributed by atoms with Gasteiger partial charge in [-0.2, -0.15) is 0 Å². The minimum absolute atomic E-state index is 0.0883. The summed E-state index contributed by atoms with van der Waals surface area (Å²) >= 11 is 0. The molecule has 0 aliphatic carbocycles. The predicted molar refractivity (Wildman–Crippen MR) is 121 cm³/mol. The Hall–Kier alpha value is -3.39. The Morgan fingerprint density at radius 1 is 1.19 bits per heavy atom. The average Bonchev–Trinajstić information content (AvgIpc) is 3.15. The van der Waals surface area contributed by atoms with Gasteiger partial charge < -0.3 is 9.88 Å². The average molecular weight is 440 g/mol. The predicted octanol–water partition coefficient (Wildman–Crippen LogP) is 4.01. The van der Waals surface area contributed by atoms with Gasteiger partial charge in [-0.3, -0.25) is 9.52 Å². The second kappa shape index (κ2) is 8.39. The maximum absolute atomic E-state index is 13.4. The summed E-state index contributed by atoms with van der Waals surface area (Å²) in [6, 6.07) is 11.5. The Morgan fingerprint density at radius 3 is 2.65 bits per heavy atom. The quantitative estimate of drug-likeness (QED) is 0.590. The van der Waals surface area contributed by atoms with E-state index in [9.17, 15) is 17.6 Å². The third-order valence-electron chi connectivity index (χ3n) is 5.14. The third kappa shape index (κ3) is 5.03. The van der Waals surface area contributed by atoms with E-state index in [1.54, 1.807) is 41.3 Å². The molecule has 0 bridgehead atoms. The topological polar surface area (TPSA) is 82.3 Å². The van der Waals surface area contributed by atoms with Gasteiger partial charge in [0.05, 0.1) is 6.26 Å². The number of rotatable bonds is 5. The molecular formula is C23H22FN3O3S. The van der Waals surface area contributed by atoms with Crippen LogP contribution in [0.4, 0.5) is 10.1 Å². The first-order valence-corrected chi connectivity index (χ1v) is 11.7. The molecule has 0 fully saturated rings. The van der Waals surface area contributed by atoms with E-state index >= 15 is 0 Å². The molecule has 31 heavy (non-hydrogen) atoms. The van der Waals surface area contributed by atoms with Crippen LogP contribution < -0.4 is 4.72 Å². The van der Waals surface area contributed by atoms with E-state index in [1.807, 2.05) is 12.3 Å². The lowest BCUT2D eigenvalue weighted by Gasteiger charge is -2.25. The van der Waals surface area contributed by atoms with Crippen LogP contribution in [0, 0.1) is 5.82 Å². The monoisotopic (exact) mass is 439 g/mol. The van der Waals surface area contributed by atoms with Gasteiger partial charge in [0.15, 0.2) is 0 Å². The molecule has 1 aromatic heterocycles. The molecule has 2 aromatic carbocycles. The standard InChI is InChI=1S/C23H22FN3O3S/c1-31(29,30)26-19-6-2-16(3-7-19)4-9-23(28)27-12-10-17(11-13-27)21-15-25-22-14-18(24)5-8-20(21)22/h2-10,14-15,25-26H,11-13H2,1H3/b9-4+. The number of aromatic nitrogens is 1. The lowest BCUT2D eigenvalue weighted by Crippen LogP contribution is -2.33. The van der Waals surface area contributed by atoms with Crippen molar-refractivity contribution in [2.24, 2.45) is 0 Å². The van der Waals surface area contributed by atoms with Crippen molar-refractivity contribution in [3.8, 4) is 0 Å². The van der Waals surface area contributed by atoms with Crippen LogP contribution in [0.3, 0.4) is 0 Å². The molecular weight excluding hydrogens is 417 g/mol. The first-order valence-electron chi connectivity index (χ1n) is 9.79. The van der Waals surface area contributed by atoms with Gasteiger partial charge >= 0.3 is 0 Å². The van der Waals surface area contributed by atoms with Crippen LogP contribution in [-0.2, 0) is 14.8 Å². The highest BCUT2D eigenvalue weighted by molar-refractivity contribution is 7.92. The largest absolute Gasteiger partial charge is 0.360 e. The van der Waals surface area contributed by atoms with Gasteiger partial charge in [0.25, 0.3) is 0 Å². The van der Waals surface area contributed by atoms with Gasteiger partial charge in [0, 0.05) is 47.5 Å². The fraction of sp³-hybridized carbons (Fsp3) is 0.174. The molecule has 4 rings (SSSR count). The summed E-state index contributed by atoms with van der Waals surface area (Å²) in [5.74, 6) is -0.363. The fourth-order valence-electron chi connectivity index (χ4n) is 3.63. The second-order valence-electron chi connectivity index (χ2n) is 7.49. The summed E-state index contributed by atoms with van der Waals surface area (Å²) in [4.78, 5) is 17.4. The Kier molecular flexibility index (Phi) is 5.65. The number of sulfonamides is 1. The molecule has 0 spiro atoms. The molecule has 1 amide bonds. The molecule has 2 heterocycles. The van der Waals surface area contributed by atoms with Crippen LogP contribution >= 0.6 is 0 Å². The van der Waals surface area contributed by atoms with Crippen molar-refractivity contribution in [2.75, 3.05) is 24.1 Å². The number of nitrogens with zero attached hydrogens (tertiary/aromatic N) is 1. The van der Waals surface area contributed by atoms with E-state index in [1.165, 1.54) is 18.2 Å². The molecule has 2 N–H and O–H groups in total. The molecule has 160 valence electrons. The number of aromatic amines is 1. The Balaban J connectivity index is 1.40. The van der Waals surface area contributed by atoms with Crippen molar-refractivity contribution >= 4 is 44.2 Å². The number of nitrogens with one attached hydrogen (secondary N) is 2. The molecule has 3 aromatic rings. The lowest BCUT2D eigenvalue weighted by atomic mass is 9.99. The number of fused-ring (bicyclic) bond motifs is 1. The zero-order chi connectivity index (χ0) is 22.0. The van der Waals surface area contributed by atoms with Gasteiger partial charge in [-0.05, 0) is 54.0 Å². The molecule has 0 saturated heterocycles. The zero-order valence-corrected chi connectivity index (χ0v) is 17.7. The van der Waals surface area contributed by atoms with E-state index in [-0.39, 0.29) is 11.7 Å². The number of H-pyrrole nitrogens is 1. The van der Waals surface area contributed by atoms with Crippen LogP contribution in [0.25, 0.3) is 22.6 Å². The first kappa shape index (κ1) is 20.9. The Labute approximate surface area is 180 Å². The van der Waals surface area contributed by atoms with E-state index in [2.05, 4.69) is 9.71 Å². The minimum Gasteiger partial charge on any atom is -0.360 e. The second-order valence-corrected chi connectivity index (χ2v) is 9.23. The van der Waals surface area contributed by atoms with Gasteiger partial charge in [-0.25, -0.2) is 12.8 Å². The summed E-state index contributed by atoms with van der Waals surface area (Å²) in [6.45, 7) is 1.10. The van der Waals surface area contributed by atoms with E-state index < -0.39 is 10.0 Å². The molecule has 8 heteroatoms. The van der Waals surface area contributed by atoms with Crippen molar-refractivity contribution < 1.29 is 17.6 Å². The zero-order valence-electron chi connectivity index (χ0n) is 16.9. The number of halogens is 1. The molecule has 1 aliphatic rings. The van der Waals surface area contributed by atoms with Crippen LogP contribution in [0.15, 0.2) is 60.8 Å². The summed E-state index contributed by atoms with van der Waals surface area (Å²) in [6.07, 6.45) is 8.96. The smallest absolute Gasteiger partial charge is 0.246 e. The molecule has 0 unspecified atom stereocenters. The highest BCUT2D eigenvalue weighted by atomic mass is 32.2. The van der Waals surface area contributed by atoms with Gasteiger partial charge in [-0.15, -0.1) is 0 Å². The van der Waals surface area contributed by atoms with Crippen molar-refractivity contribution in [1.29, 1.82) is 0 Å². The molecule has 6 nitrogen and oxygen atoms in total. The van der Waals surface area contributed by atoms with E-state index in [4.69, 9.17) is 0 Å². The number of hydrogen-bond donors (Lipinski definition) is 2. The molecule has 0 radical (unpaired) electrons. The van der Waals surface area contributed by atoms with Crippen LogP contribution in [0.1, 0.15) is 17.5 Å². The Morgan fingerprint density at radius 2 is 1.97 bits per heavy atom. The maximum atomic E-state index is 13.4. The highest BCUT2D eigenvalue weighted by Gasteiger charge is 2.18. The van der Waals surface area contributed by atoms with Crippen molar-refractivity contribution in [1.82, 2.24) is 9.88 Å². The number of anilines is 1. The van der Waals surface area contributed by atoms with Crippen LogP contribution in [0.2, 0.25) is 0 Å². The third-order valence-corrected chi connectivity index (χ3v) is 5.75. The summed E-state index contributed by atoms with van der Waals surface area (Å²) in [5.41, 5.74) is 4.21. The van der Waals surface area contributed by atoms with Crippen molar-refractivity contribution in [2.45, 2.75) is 6.42 Å². The normalized spacial score (nSPS) is 14.8. The van der Waals surface area contributed by atoms with Crippen molar-refractivity contribution in [3.05, 3.63) is 77.8 Å². The van der Waals surface area contributed by atoms with Gasteiger partial charge in [0.1, 0.15) is 5.82 Å². The number of carbonyl (C=O) groups excluding carboxylic acids is 1. The van der Waals surface area contributed by atoms with E-state index in [0.717, 1.165) is 40.3 Å². The van der Waals surface area contributed by atoms with E-state index in [0.29, 0.717) is 18.8 Å². The van der Waals surface area contributed by atoms with Gasteiger partial charge in [0.2, 0.25) is 15.9 Å². The SMILES string of the molecule is CS(=O)(=O)Nc1ccc(/C=C/C(=O)N2CC=C(c3c[nH]c4cc(F)ccc34)CC2)cc1. The van der Waals surface area contributed by atoms with Crippen LogP contribution in [-0.4, -0.2) is 43.6 Å². The molecule has 0 atom stereocenters. The number of amides is 1. The first-order chi connectivity index (χ1) is 14.8. The molecule has 0 saturated carbocycles. The lowest BCUT2D eigenvalue weighted by molar-refractivity contribution is -0.125. The summed E-state index contributed by atoms with van der Waals surface area (Å²) < 4.78 is 38.3. The maximum Gasteiger partial charge on any atom is 0.246 e. The number of carbonyl (C=O) groups is 1. The van der Waals surface area contributed by atoms with Gasteiger partial charge in [-0.1, -0.05) is 18.2 Å². The fourth-order valence-corrected chi connectivity index (χ4v) is 4.19. The molecule has 1 aliphatic heterocycles. The van der Waals surface area contributed by atoms with Crippen molar-refractivity contribution in [3.63, 3.8) is 0 Å². The Bertz CT molecular complexity index is 1290.